The van der Waals surface area contributed by atoms with Gasteiger partial charge in [-0.3, -0.25) is 4.79 Å². The molecule has 2 N–H and O–H groups in total. The second-order valence-corrected chi connectivity index (χ2v) is 7.02. The van der Waals surface area contributed by atoms with Crippen molar-refractivity contribution in [1.29, 1.82) is 0 Å². The van der Waals surface area contributed by atoms with Crippen molar-refractivity contribution in [3.63, 3.8) is 0 Å². The molecule has 0 aliphatic rings. The summed E-state index contributed by atoms with van der Waals surface area (Å²) in [6.45, 7) is 9.79. The number of carbonyl (C=O) groups excluding carboxylic acids is 2. The molecular weight excluding hydrogens is 408 g/mol. The van der Waals surface area contributed by atoms with Gasteiger partial charge in [-0.05, 0) is 33.6 Å². The van der Waals surface area contributed by atoms with Gasteiger partial charge in [0.25, 0.3) is 0 Å². The summed E-state index contributed by atoms with van der Waals surface area (Å²) < 4.78 is 21.3. The number of amides is 2. The highest BCUT2D eigenvalue weighted by Gasteiger charge is 2.15. The van der Waals surface area contributed by atoms with Gasteiger partial charge in [0.05, 0.1) is 31.8 Å². The van der Waals surface area contributed by atoms with Crippen LogP contribution in [0.1, 0.15) is 33.6 Å². The molecule has 0 fully saturated rings. The van der Waals surface area contributed by atoms with Crippen LogP contribution in [0.5, 0.6) is 0 Å². The van der Waals surface area contributed by atoms with Crippen LogP contribution in [0.4, 0.5) is 4.79 Å². The van der Waals surface area contributed by atoms with Crippen LogP contribution in [0.15, 0.2) is 0 Å². The van der Waals surface area contributed by atoms with Crippen molar-refractivity contribution in [2.45, 2.75) is 39.2 Å². The highest BCUT2D eigenvalue weighted by atomic mass is 79.9. The molecule has 0 rings (SSSR count). The van der Waals surface area contributed by atoms with Gasteiger partial charge < -0.3 is 29.6 Å². The molecule has 26 heavy (non-hydrogen) atoms. The highest BCUT2D eigenvalue weighted by molar-refractivity contribution is 9.09. The van der Waals surface area contributed by atoms with Crippen molar-refractivity contribution in [3.8, 4) is 0 Å². The molecule has 0 radical (unpaired) electrons. The minimum absolute atomic E-state index is 0.0195. The third kappa shape index (κ3) is 19.4. The molecule has 0 aromatic carbocycles. The number of carbonyl (C=O) groups is 2. The maximum atomic E-state index is 11.4. The van der Waals surface area contributed by atoms with E-state index in [9.17, 15) is 9.59 Å². The van der Waals surface area contributed by atoms with Crippen LogP contribution >= 0.6 is 15.9 Å². The van der Waals surface area contributed by atoms with E-state index in [0.717, 1.165) is 6.42 Å². The normalized spacial score (nSPS) is 11.2. The van der Waals surface area contributed by atoms with Gasteiger partial charge in [-0.1, -0.05) is 15.9 Å². The van der Waals surface area contributed by atoms with Crippen molar-refractivity contribution in [3.05, 3.63) is 0 Å². The second kappa shape index (κ2) is 16.3. The smallest absolute Gasteiger partial charge is 0.407 e. The molecule has 0 aromatic rings. The summed E-state index contributed by atoms with van der Waals surface area (Å²) >= 11 is 3.08. The number of alkyl halides is 1. The first-order valence-corrected chi connectivity index (χ1v) is 10.00. The molecule has 2 amide bonds. The molecule has 9 heteroatoms. The molecule has 8 nitrogen and oxygen atoms in total. The van der Waals surface area contributed by atoms with Gasteiger partial charge >= 0.3 is 6.09 Å². The Hall–Kier alpha value is -0.900. The van der Waals surface area contributed by atoms with E-state index in [1.54, 1.807) is 0 Å². The van der Waals surface area contributed by atoms with Gasteiger partial charge in [-0.2, -0.15) is 0 Å². The Morgan fingerprint density at radius 1 is 0.808 bits per heavy atom. The van der Waals surface area contributed by atoms with Crippen LogP contribution in [-0.2, 0) is 23.7 Å². The van der Waals surface area contributed by atoms with E-state index in [1.165, 1.54) is 0 Å². The first-order valence-electron chi connectivity index (χ1n) is 8.88. The van der Waals surface area contributed by atoms with E-state index in [-0.39, 0.29) is 5.91 Å². The summed E-state index contributed by atoms with van der Waals surface area (Å²) in [5, 5.41) is 5.74. The zero-order valence-corrected chi connectivity index (χ0v) is 17.7. The number of nitrogens with one attached hydrogen (secondary N) is 2. The summed E-state index contributed by atoms with van der Waals surface area (Å²) in [6.07, 6.45) is 1.08. The third-order valence-corrected chi connectivity index (χ3v) is 3.30. The van der Waals surface area contributed by atoms with Crippen molar-refractivity contribution in [1.82, 2.24) is 10.6 Å². The Morgan fingerprint density at radius 3 is 1.73 bits per heavy atom. The predicted molar refractivity (Wildman–Crippen MR) is 103 cm³/mol. The fourth-order valence-corrected chi connectivity index (χ4v) is 1.87. The van der Waals surface area contributed by atoms with E-state index >= 15 is 0 Å². The summed E-state index contributed by atoms with van der Waals surface area (Å²) in [4.78, 5) is 22.3. The average Bonchev–Trinajstić information content (AvgIpc) is 2.56. The standard InChI is InChI=1S/C17H33BrN2O6/c1-17(2,3)26-16(22)20-7-5-9-24-11-13-25-12-10-23-8-4-6-19-15(21)14-18/h4-14H2,1-3H3,(H,19,21)(H,20,22). The Morgan fingerprint density at radius 2 is 1.27 bits per heavy atom. The largest absolute Gasteiger partial charge is 0.444 e. The summed E-state index contributed by atoms with van der Waals surface area (Å²) in [6, 6.07) is 0. The number of hydrogen-bond donors (Lipinski definition) is 2. The van der Waals surface area contributed by atoms with Crippen molar-refractivity contribution < 1.29 is 28.5 Å². The van der Waals surface area contributed by atoms with Crippen LogP contribution < -0.4 is 10.6 Å². The van der Waals surface area contributed by atoms with Crippen molar-refractivity contribution >= 4 is 27.9 Å². The molecule has 0 aliphatic carbocycles. The van der Waals surface area contributed by atoms with E-state index in [1.807, 2.05) is 20.8 Å². The molecule has 0 spiro atoms. The summed E-state index contributed by atoms with van der Waals surface area (Å²) in [7, 11) is 0. The van der Waals surface area contributed by atoms with Crippen LogP contribution in [0, 0.1) is 0 Å². The maximum Gasteiger partial charge on any atom is 0.407 e. The fraction of sp³-hybridized carbons (Fsp3) is 0.882. The molecule has 0 atom stereocenters. The van der Waals surface area contributed by atoms with Crippen LogP contribution in [0.25, 0.3) is 0 Å². The lowest BCUT2D eigenvalue weighted by atomic mass is 10.2. The van der Waals surface area contributed by atoms with Gasteiger partial charge in [0.1, 0.15) is 5.60 Å². The molecule has 0 bridgehead atoms. The number of alkyl carbamates (subject to hydrolysis) is 1. The lowest BCUT2D eigenvalue weighted by molar-refractivity contribution is -0.118. The monoisotopic (exact) mass is 440 g/mol. The number of ether oxygens (including phenoxy) is 4. The molecule has 0 heterocycles. The van der Waals surface area contributed by atoms with Gasteiger partial charge in [0.15, 0.2) is 0 Å². The second-order valence-electron chi connectivity index (χ2n) is 6.46. The Balaban J connectivity index is 3.18. The van der Waals surface area contributed by atoms with E-state index in [2.05, 4.69) is 26.6 Å². The Labute approximate surface area is 164 Å². The summed E-state index contributed by atoms with van der Waals surface area (Å²) in [5.74, 6) is -0.0195. The zero-order valence-electron chi connectivity index (χ0n) is 16.1. The lowest BCUT2D eigenvalue weighted by Crippen LogP contribution is -2.33. The quantitative estimate of drug-likeness (QED) is 0.298. The van der Waals surface area contributed by atoms with E-state index < -0.39 is 11.7 Å². The third-order valence-electron chi connectivity index (χ3n) is 2.79. The molecule has 0 aliphatic heterocycles. The van der Waals surface area contributed by atoms with Gasteiger partial charge in [0.2, 0.25) is 5.91 Å². The van der Waals surface area contributed by atoms with E-state index in [4.69, 9.17) is 18.9 Å². The fourth-order valence-electron chi connectivity index (χ4n) is 1.67. The first kappa shape index (κ1) is 25.1. The molecule has 0 saturated carbocycles. The average molecular weight is 441 g/mol. The van der Waals surface area contributed by atoms with Crippen LogP contribution in [0.2, 0.25) is 0 Å². The van der Waals surface area contributed by atoms with Gasteiger partial charge in [0, 0.05) is 26.3 Å². The SMILES string of the molecule is CC(C)(C)OC(=O)NCCCOCCOCCOCCCNC(=O)CBr. The minimum atomic E-state index is -0.481. The van der Waals surface area contributed by atoms with Crippen molar-refractivity contribution in [2.24, 2.45) is 0 Å². The Kier molecular flexibility index (Phi) is 15.7. The van der Waals surface area contributed by atoms with Crippen LogP contribution in [-0.4, -0.2) is 75.7 Å². The van der Waals surface area contributed by atoms with Gasteiger partial charge in [-0.15, -0.1) is 0 Å². The topological polar surface area (TPSA) is 95.1 Å². The van der Waals surface area contributed by atoms with E-state index in [0.29, 0.717) is 64.5 Å². The molecule has 0 unspecified atom stereocenters. The Bertz CT molecular complexity index is 377. The number of halogens is 1. The minimum Gasteiger partial charge on any atom is -0.444 e. The molecule has 0 saturated heterocycles. The lowest BCUT2D eigenvalue weighted by Gasteiger charge is -2.19. The summed E-state index contributed by atoms with van der Waals surface area (Å²) in [5.41, 5.74) is -0.481. The number of hydrogen-bond acceptors (Lipinski definition) is 6. The molecular formula is C17H33BrN2O6. The zero-order chi connectivity index (χ0) is 19.7. The predicted octanol–water partition coefficient (Wildman–Crippen LogP) is 1.85. The van der Waals surface area contributed by atoms with Crippen LogP contribution in [0.3, 0.4) is 0 Å². The highest BCUT2D eigenvalue weighted by Crippen LogP contribution is 2.06. The first-order chi connectivity index (χ1) is 12.3. The number of rotatable bonds is 15. The van der Waals surface area contributed by atoms with Gasteiger partial charge in [-0.25, -0.2) is 4.79 Å². The molecule has 0 aromatic heterocycles. The molecule has 154 valence electrons. The maximum absolute atomic E-state index is 11.4. The van der Waals surface area contributed by atoms with Crippen molar-refractivity contribution in [2.75, 3.05) is 58.1 Å².